The van der Waals surface area contributed by atoms with Gasteiger partial charge in [-0.2, -0.15) is 0 Å². The van der Waals surface area contributed by atoms with Crippen LogP contribution in [-0.2, 0) is 32.6 Å². The van der Waals surface area contributed by atoms with Crippen molar-refractivity contribution in [2.75, 3.05) is 24.2 Å². The Morgan fingerprint density at radius 3 is 2.27 bits per heavy atom. The molecule has 37 heavy (non-hydrogen) atoms. The number of nitrogens with one attached hydrogen (secondary N) is 1. The maximum Gasteiger partial charge on any atom is 0.244 e. The number of hydrogen-bond donors (Lipinski definition) is 1. The molecule has 10 heteroatoms. The summed E-state index contributed by atoms with van der Waals surface area (Å²) in [6, 6.07) is 18.7. The molecule has 7 nitrogen and oxygen atoms in total. The Kier molecular flexibility index (Phi) is 9.29. The van der Waals surface area contributed by atoms with Crippen molar-refractivity contribution in [1.29, 1.82) is 0 Å². The van der Waals surface area contributed by atoms with E-state index in [2.05, 4.69) is 5.32 Å². The van der Waals surface area contributed by atoms with Gasteiger partial charge in [-0.25, -0.2) is 12.8 Å². The number of amides is 2. The summed E-state index contributed by atoms with van der Waals surface area (Å²) < 4.78 is 41.0. The number of anilines is 1. The molecule has 0 heterocycles. The Balaban J connectivity index is 2.05. The molecule has 0 saturated carbocycles. The van der Waals surface area contributed by atoms with Crippen LogP contribution >= 0.6 is 11.6 Å². The number of halogens is 2. The number of rotatable bonds is 10. The number of sulfonamides is 1. The zero-order valence-electron chi connectivity index (χ0n) is 20.8. The summed E-state index contributed by atoms with van der Waals surface area (Å²) in [6.45, 7) is 0.938. The molecule has 3 aromatic rings. The molecular formula is C27H29ClFN3O4S. The quantitative estimate of drug-likeness (QED) is 0.418. The first kappa shape index (κ1) is 28.1. The Labute approximate surface area is 221 Å². The molecular weight excluding hydrogens is 517 g/mol. The lowest BCUT2D eigenvalue weighted by atomic mass is 10.0. The highest BCUT2D eigenvalue weighted by atomic mass is 35.5. The summed E-state index contributed by atoms with van der Waals surface area (Å²) in [5.74, 6) is -1.67. The fourth-order valence-corrected chi connectivity index (χ4v) is 4.90. The van der Waals surface area contributed by atoms with Crippen molar-refractivity contribution in [3.05, 3.63) is 100 Å². The summed E-state index contributed by atoms with van der Waals surface area (Å²) in [7, 11) is -2.47. The minimum Gasteiger partial charge on any atom is -0.357 e. The fourth-order valence-electron chi connectivity index (χ4n) is 3.88. The van der Waals surface area contributed by atoms with E-state index in [1.807, 2.05) is 30.3 Å². The summed E-state index contributed by atoms with van der Waals surface area (Å²) in [5, 5.41) is 2.92. The van der Waals surface area contributed by atoms with E-state index >= 15 is 0 Å². The third-order valence-corrected chi connectivity index (χ3v) is 7.49. The van der Waals surface area contributed by atoms with Crippen LogP contribution in [0.1, 0.15) is 16.7 Å². The largest absolute Gasteiger partial charge is 0.357 e. The van der Waals surface area contributed by atoms with Crippen molar-refractivity contribution < 1.29 is 22.4 Å². The maximum atomic E-state index is 14.6. The van der Waals surface area contributed by atoms with E-state index < -0.39 is 40.2 Å². The summed E-state index contributed by atoms with van der Waals surface area (Å²) in [6.07, 6.45) is 1.13. The van der Waals surface area contributed by atoms with Gasteiger partial charge in [-0.05, 0) is 36.2 Å². The summed E-state index contributed by atoms with van der Waals surface area (Å²) in [4.78, 5) is 28.0. The van der Waals surface area contributed by atoms with E-state index in [4.69, 9.17) is 11.6 Å². The van der Waals surface area contributed by atoms with Crippen LogP contribution in [0.2, 0.25) is 5.02 Å². The van der Waals surface area contributed by atoms with Gasteiger partial charge in [0.2, 0.25) is 21.8 Å². The lowest BCUT2D eigenvalue weighted by molar-refractivity contribution is -0.139. The average Bonchev–Trinajstić information content (AvgIpc) is 2.86. The SMILES string of the molecule is CNC(=O)C(Cc1ccccc1)N(Cc1ccccc1F)C(=O)CN(c1ccc(C)c(Cl)c1)S(C)(=O)=O. The molecule has 3 aromatic carbocycles. The second kappa shape index (κ2) is 12.2. The van der Waals surface area contributed by atoms with Crippen molar-refractivity contribution >= 4 is 39.1 Å². The fraction of sp³-hybridized carbons (Fsp3) is 0.259. The molecule has 0 radical (unpaired) electrons. The third kappa shape index (κ3) is 7.30. The van der Waals surface area contributed by atoms with Crippen LogP contribution in [0.15, 0.2) is 72.8 Å². The van der Waals surface area contributed by atoms with Gasteiger partial charge < -0.3 is 10.2 Å². The highest BCUT2D eigenvalue weighted by molar-refractivity contribution is 7.92. The van der Waals surface area contributed by atoms with Crippen LogP contribution in [0.25, 0.3) is 0 Å². The number of likely N-dealkylation sites (N-methyl/N-ethyl adjacent to an activating group) is 1. The molecule has 0 aliphatic rings. The van der Waals surface area contributed by atoms with Gasteiger partial charge in [0.05, 0.1) is 11.9 Å². The molecule has 0 aromatic heterocycles. The van der Waals surface area contributed by atoms with E-state index in [-0.39, 0.29) is 24.2 Å². The van der Waals surface area contributed by atoms with Gasteiger partial charge in [-0.1, -0.05) is 66.2 Å². The molecule has 1 unspecified atom stereocenters. The molecule has 0 spiro atoms. The Bertz CT molecular complexity index is 1370. The maximum absolute atomic E-state index is 14.6. The molecule has 0 bridgehead atoms. The van der Waals surface area contributed by atoms with Crippen LogP contribution in [0.5, 0.6) is 0 Å². The number of benzene rings is 3. The van der Waals surface area contributed by atoms with Crippen LogP contribution < -0.4 is 9.62 Å². The van der Waals surface area contributed by atoms with Crippen molar-refractivity contribution in [1.82, 2.24) is 10.2 Å². The smallest absolute Gasteiger partial charge is 0.244 e. The molecule has 0 aliphatic heterocycles. The first-order valence-corrected chi connectivity index (χ1v) is 13.8. The summed E-state index contributed by atoms with van der Waals surface area (Å²) in [5.41, 5.74) is 1.93. The Morgan fingerprint density at radius 2 is 1.68 bits per heavy atom. The summed E-state index contributed by atoms with van der Waals surface area (Å²) >= 11 is 6.22. The molecule has 1 atom stereocenters. The van der Waals surface area contributed by atoms with Gasteiger partial charge in [0.25, 0.3) is 0 Å². The first-order valence-electron chi connectivity index (χ1n) is 11.5. The van der Waals surface area contributed by atoms with Gasteiger partial charge in [0.1, 0.15) is 18.4 Å². The highest BCUT2D eigenvalue weighted by Crippen LogP contribution is 2.26. The van der Waals surface area contributed by atoms with Crippen molar-refractivity contribution in [2.24, 2.45) is 0 Å². The van der Waals surface area contributed by atoms with E-state index in [1.54, 1.807) is 25.1 Å². The monoisotopic (exact) mass is 545 g/mol. The lowest BCUT2D eigenvalue weighted by Crippen LogP contribution is -2.53. The van der Waals surface area contributed by atoms with Crippen LogP contribution in [0.4, 0.5) is 10.1 Å². The van der Waals surface area contributed by atoms with Gasteiger partial charge >= 0.3 is 0 Å². The lowest BCUT2D eigenvalue weighted by Gasteiger charge is -2.33. The molecule has 1 N–H and O–H groups in total. The van der Waals surface area contributed by atoms with Gasteiger partial charge in [-0.3, -0.25) is 13.9 Å². The number of aryl methyl sites for hydroxylation is 1. The van der Waals surface area contributed by atoms with Crippen LogP contribution in [-0.4, -0.2) is 51.0 Å². The number of carbonyl (C=O) groups is 2. The van der Waals surface area contributed by atoms with Crippen LogP contribution in [0.3, 0.4) is 0 Å². The van der Waals surface area contributed by atoms with E-state index in [9.17, 15) is 22.4 Å². The van der Waals surface area contributed by atoms with Gasteiger partial charge in [-0.15, -0.1) is 0 Å². The standard InChI is InChI=1S/C27H29ClFN3O4S/c1-19-13-14-22(16-23(19)28)32(37(3,35)36)18-26(33)31(17-21-11-7-8-12-24(21)29)25(27(34)30-2)15-20-9-5-4-6-10-20/h4-14,16,25H,15,17-18H2,1-3H3,(H,30,34). The molecule has 0 fully saturated rings. The molecule has 0 saturated heterocycles. The van der Waals surface area contributed by atoms with Crippen molar-refractivity contribution in [2.45, 2.75) is 25.9 Å². The molecule has 0 aliphatic carbocycles. The molecule has 196 valence electrons. The van der Waals surface area contributed by atoms with E-state index in [0.717, 1.165) is 21.7 Å². The topological polar surface area (TPSA) is 86.8 Å². The van der Waals surface area contributed by atoms with Gasteiger partial charge in [0.15, 0.2) is 0 Å². The second-order valence-corrected chi connectivity index (χ2v) is 10.9. The van der Waals surface area contributed by atoms with E-state index in [1.165, 1.54) is 36.2 Å². The number of carbonyl (C=O) groups excluding carboxylic acids is 2. The predicted octanol–water partition coefficient (Wildman–Crippen LogP) is 3.94. The first-order chi connectivity index (χ1) is 17.5. The Hall–Kier alpha value is -3.43. The van der Waals surface area contributed by atoms with Crippen molar-refractivity contribution in [3.8, 4) is 0 Å². The molecule has 2 amide bonds. The number of hydrogen-bond acceptors (Lipinski definition) is 4. The normalized spacial score (nSPS) is 12.0. The van der Waals surface area contributed by atoms with E-state index in [0.29, 0.717) is 5.02 Å². The third-order valence-electron chi connectivity index (χ3n) is 5.94. The predicted molar refractivity (Wildman–Crippen MR) is 143 cm³/mol. The number of nitrogens with zero attached hydrogens (tertiary/aromatic N) is 2. The van der Waals surface area contributed by atoms with Crippen molar-refractivity contribution in [3.63, 3.8) is 0 Å². The molecule has 3 rings (SSSR count). The minimum atomic E-state index is -3.92. The average molecular weight is 546 g/mol. The zero-order valence-corrected chi connectivity index (χ0v) is 22.4. The Morgan fingerprint density at radius 1 is 1.03 bits per heavy atom. The minimum absolute atomic E-state index is 0.149. The second-order valence-electron chi connectivity index (χ2n) is 8.64. The highest BCUT2D eigenvalue weighted by Gasteiger charge is 2.33. The van der Waals surface area contributed by atoms with Crippen LogP contribution in [0, 0.1) is 12.7 Å². The van der Waals surface area contributed by atoms with Gasteiger partial charge in [0, 0.05) is 30.6 Å². The zero-order chi connectivity index (χ0) is 27.2.